The standard InChI is InChI=1S/C18H26BrN3O3S.HI/c1-2-20-17(22-10-7-18(13-22)8-11-25-14-18)21-9-12-26(23,24)16-5-3-15(19)4-6-16;/h3-6H,2,7-14H2,1H3,(H,20,21);1H. The van der Waals surface area contributed by atoms with Crippen LogP contribution in [0.1, 0.15) is 19.8 Å². The number of aliphatic imine (C=N–C) groups is 1. The van der Waals surface area contributed by atoms with Crippen LogP contribution in [0.15, 0.2) is 38.6 Å². The lowest BCUT2D eigenvalue weighted by Gasteiger charge is -2.25. The average Bonchev–Trinajstić information content (AvgIpc) is 3.25. The van der Waals surface area contributed by atoms with Crippen LogP contribution >= 0.6 is 39.9 Å². The Hall–Kier alpha value is -0.390. The third-order valence-corrected chi connectivity index (χ3v) is 7.29. The summed E-state index contributed by atoms with van der Waals surface area (Å²) in [6.07, 6.45) is 2.20. The van der Waals surface area contributed by atoms with E-state index in [1.54, 1.807) is 24.3 Å². The maximum Gasteiger partial charge on any atom is 0.193 e. The minimum atomic E-state index is -3.33. The molecular weight excluding hydrogens is 545 g/mol. The molecule has 1 spiro atoms. The molecule has 6 nitrogen and oxygen atoms in total. The van der Waals surface area contributed by atoms with Crippen molar-refractivity contribution in [3.8, 4) is 0 Å². The van der Waals surface area contributed by atoms with Crippen LogP contribution in [0.25, 0.3) is 0 Å². The largest absolute Gasteiger partial charge is 0.381 e. The van der Waals surface area contributed by atoms with E-state index in [0.29, 0.717) is 4.90 Å². The molecule has 2 saturated heterocycles. The minimum absolute atomic E-state index is 0. The summed E-state index contributed by atoms with van der Waals surface area (Å²) < 4.78 is 31.4. The normalized spacial score (nSPS) is 22.9. The van der Waals surface area contributed by atoms with E-state index in [1.807, 2.05) is 6.92 Å². The molecule has 1 aromatic carbocycles. The third kappa shape index (κ3) is 5.80. The molecule has 2 aliphatic heterocycles. The maximum absolute atomic E-state index is 12.5. The number of hydrogen-bond donors (Lipinski definition) is 1. The van der Waals surface area contributed by atoms with E-state index in [4.69, 9.17) is 4.74 Å². The Bertz CT molecular complexity index is 750. The van der Waals surface area contributed by atoms with Gasteiger partial charge in [-0.3, -0.25) is 4.99 Å². The van der Waals surface area contributed by atoms with Crippen molar-refractivity contribution in [1.82, 2.24) is 10.2 Å². The van der Waals surface area contributed by atoms with E-state index in [-0.39, 0.29) is 41.7 Å². The first-order valence-electron chi connectivity index (χ1n) is 9.03. The van der Waals surface area contributed by atoms with Crippen LogP contribution < -0.4 is 5.32 Å². The van der Waals surface area contributed by atoms with Crippen LogP contribution in [-0.4, -0.2) is 64.4 Å². The lowest BCUT2D eigenvalue weighted by atomic mass is 9.87. The average molecular weight is 572 g/mol. The lowest BCUT2D eigenvalue weighted by Crippen LogP contribution is -2.41. The Morgan fingerprint density at radius 1 is 1.33 bits per heavy atom. The zero-order chi connectivity index (χ0) is 18.6. The van der Waals surface area contributed by atoms with E-state index < -0.39 is 9.84 Å². The van der Waals surface area contributed by atoms with Crippen LogP contribution in [0.4, 0.5) is 0 Å². The molecule has 2 aliphatic rings. The van der Waals surface area contributed by atoms with Crippen LogP contribution in [0.5, 0.6) is 0 Å². The Labute approximate surface area is 187 Å². The van der Waals surface area contributed by atoms with Crippen molar-refractivity contribution in [2.24, 2.45) is 10.4 Å². The number of benzene rings is 1. The molecule has 1 atom stereocenters. The zero-order valence-corrected chi connectivity index (χ0v) is 20.2. The summed E-state index contributed by atoms with van der Waals surface area (Å²) >= 11 is 3.32. The lowest BCUT2D eigenvalue weighted by molar-refractivity contribution is 0.156. The highest BCUT2D eigenvalue weighted by Gasteiger charge is 2.42. The number of nitrogens with zero attached hydrogens (tertiary/aromatic N) is 2. The molecule has 1 unspecified atom stereocenters. The van der Waals surface area contributed by atoms with Crippen molar-refractivity contribution in [2.45, 2.75) is 24.7 Å². The number of sulfone groups is 1. The smallest absolute Gasteiger partial charge is 0.193 e. The molecular formula is C18H27BrIN3O3S. The van der Waals surface area contributed by atoms with Gasteiger partial charge >= 0.3 is 0 Å². The van der Waals surface area contributed by atoms with Gasteiger partial charge in [0.25, 0.3) is 0 Å². The Kier molecular flexibility index (Phi) is 8.38. The second kappa shape index (κ2) is 9.89. The third-order valence-electron chi connectivity index (χ3n) is 5.05. The van der Waals surface area contributed by atoms with E-state index in [0.717, 1.165) is 56.1 Å². The predicted molar refractivity (Wildman–Crippen MR) is 122 cm³/mol. The monoisotopic (exact) mass is 571 g/mol. The molecule has 0 amide bonds. The molecule has 0 saturated carbocycles. The molecule has 2 fully saturated rings. The first-order chi connectivity index (χ1) is 12.4. The van der Waals surface area contributed by atoms with Crippen LogP contribution in [0.3, 0.4) is 0 Å². The summed E-state index contributed by atoms with van der Waals surface area (Å²) in [5.74, 6) is 0.813. The molecule has 9 heteroatoms. The van der Waals surface area contributed by atoms with Crippen molar-refractivity contribution in [2.75, 3.05) is 45.1 Å². The van der Waals surface area contributed by atoms with E-state index in [1.165, 1.54) is 0 Å². The summed E-state index contributed by atoms with van der Waals surface area (Å²) in [5, 5.41) is 3.30. The Morgan fingerprint density at radius 2 is 2.07 bits per heavy atom. The topological polar surface area (TPSA) is 71.0 Å². The molecule has 27 heavy (non-hydrogen) atoms. The van der Waals surface area contributed by atoms with Gasteiger partial charge in [0.15, 0.2) is 15.8 Å². The molecule has 2 heterocycles. The van der Waals surface area contributed by atoms with Crippen LogP contribution in [0, 0.1) is 5.41 Å². The van der Waals surface area contributed by atoms with E-state index in [2.05, 4.69) is 31.1 Å². The van der Waals surface area contributed by atoms with E-state index >= 15 is 0 Å². The zero-order valence-electron chi connectivity index (χ0n) is 15.5. The van der Waals surface area contributed by atoms with Crippen molar-refractivity contribution < 1.29 is 13.2 Å². The summed E-state index contributed by atoms with van der Waals surface area (Å²) in [4.78, 5) is 7.16. The first-order valence-corrected chi connectivity index (χ1v) is 11.5. The van der Waals surface area contributed by atoms with Gasteiger partial charge in [-0.2, -0.15) is 0 Å². The molecule has 3 rings (SSSR count). The molecule has 1 aromatic rings. The summed E-state index contributed by atoms with van der Waals surface area (Å²) in [7, 11) is -3.33. The number of halogens is 2. The molecule has 0 radical (unpaired) electrons. The summed E-state index contributed by atoms with van der Waals surface area (Å²) in [6.45, 7) is 6.57. The van der Waals surface area contributed by atoms with Crippen molar-refractivity contribution in [3.63, 3.8) is 0 Å². The number of guanidine groups is 1. The summed E-state index contributed by atoms with van der Waals surface area (Å²) in [6, 6.07) is 6.73. The van der Waals surface area contributed by atoms with Gasteiger partial charge in [0.2, 0.25) is 0 Å². The predicted octanol–water partition coefficient (Wildman–Crippen LogP) is 2.92. The second-order valence-corrected chi connectivity index (χ2v) is 10.0. The maximum atomic E-state index is 12.5. The minimum Gasteiger partial charge on any atom is -0.381 e. The van der Waals surface area contributed by atoms with Gasteiger partial charge < -0.3 is 15.0 Å². The highest BCUT2D eigenvalue weighted by atomic mass is 127. The SMILES string of the molecule is CCNC(=NCCS(=O)(=O)c1ccc(Br)cc1)N1CCC2(CCOC2)C1.I. The van der Waals surface area contributed by atoms with E-state index in [9.17, 15) is 8.42 Å². The number of likely N-dealkylation sites (tertiary alicyclic amines) is 1. The molecule has 0 aromatic heterocycles. The number of ether oxygens (including phenoxy) is 1. The summed E-state index contributed by atoms with van der Waals surface area (Å²) in [5.41, 5.74) is 0.250. The molecule has 0 aliphatic carbocycles. The fraction of sp³-hybridized carbons (Fsp3) is 0.611. The van der Waals surface area contributed by atoms with Crippen molar-refractivity contribution in [1.29, 1.82) is 0 Å². The Balaban J connectivity index is 0.00000261. The van der Waals surface area contributed by atoms with Gasteiger partial charge in [-0.05, 0) is 44.0 Å². The van der Waals surface area contributed by atoms with Gasteiger partial charge in [-0.15, -0.1) is 24.0 Å². The molecule has 152 valence electrons. The highest BCUT2D eigenvalue weighted by molar-refractivity contribution is 14.0. The Morgan fingerprint density at radius 3 is 2.70 bits per heavy atom. The van der Waals surface area contributed by atoms with Gasteiger partial charge in [0.1, 0.15) is 0 Å². The molecule has 1 N–H and O–H groups in total. The fourth-order valence-corrected chi connectivity index (χ4v) is 4.93. The van der Waals surface area contributed by atoms with Gasteiger partial charge in [0, 0.05) is 36.1 Å². The second-order valence-electron chi connectivity index (χ2n) is 6.98. The molecule has 0 bridgehead atoms. The highest BCUT2D eigenvalue weighted by Crippen LogP contribution is 2.38. The quantitative estimate of drug-likeness (QED) is 0.334. The van der Waals surface area contributed by atoms with Gasteiger partial charge in [-0.1, -0.05) is 15.9 Å². The van der Waals surface area contributed by atoms with Crippen LogP contribution in [0.2, 0.25) is 0 Å². The van der Waals surface area contributed by atoms with Gasteiger partial charge in [-0.25, -0.2) is 8.42 Å². The first kappa shape index (κ1) is 22.9. The number of rotatable bonds is 5. The van der Waals surface area contributed by atoms with Crippen LogP contribution in [-0.2, 0) is 14.6 Å². The van der Waals surface area contributed by atoms with Crippen molar-refractivity contribution >= 4 is 55.7 Å². The number of nitrogens with one attached hydrogen (secondary N) is 1. The van der Waals surface area contributed by atoms with Gasteiger partial charge in [0.05, 0.1) is 23.8 Å². The fourth-order valence-electron chi connectivity index (χ4n) is 3.54. The van der Waals surface area contributed by atoms with Crippen molar-refractivity contribution in [3.05, 3.63) is 28.7 Å². The number of hydrogen-bond acceptors (Lipinski definition) is 4.